The Morgan fingerprint density at radius 1 is 1.00 bits per heavy atom. The Morgan fingerprint density at radius 3 is 1.69 bits per heavy atom. The van der Waals surface area contributed by atoms with Gasteiger partial charge in [0.05, 0.1) is 0 Å². The summed E-state index contributed by atoms with van der Waals surface area (Å²) in [7, 11) is 0. The summed E-state index contributed by atoms with van der Waals surface area (Å²) in [5.41, 5.74) is 11.0. The molecule has 1 N–H and O–H groups in total. The largest absolute Gasteiger partial charge is 1.00 e. The first-order valence-electron chi connectivity index (χ1n) is 5.61. The van der Waals surface area contributed by atoms with E-state index in [1.807, 2.05) is 0 Å². The van der Waals surface area contributed by atoms with Gasteiger partial charge in [-0.05, 0) is 31.1 Å². The van der Waals surface area contributed by atoms with Crippen molar-refractivity contribution in [2.45, 2.75) is 52.0 Å². The van der Waals surface area contributed by atoms with Crippen LogP contribution in [0.5, 0.6) is 0 Å². The van der Waals surface area contributed by atoms with Crippen molar-refractivity contribution in [1.29, 1.82) is 0 Å². The van der Waals surface area contributed by atoms with E-state index in [2.05, 4.69) is 32.9 Å². The molecule has 0 radical (unpaired) electrons. The molecule has 2 aliphatic carbocycles. The van der Waals surface area contributed by atoms with Crippen LogP contribution in [-0.4, -0.2) is 5.54 Å². The normalized spacial score (nSPS) is 22.2. The maximum atomic E-state index is 8.47. The molecule has 0 saturated heterocycles. The molecule has 0 spiro atoms. The van der Waals surface area contributed by atoms with Crippen molar-refractivity contribution in [3.8, 4) is 0 Å². The second kappa shape index (κ2) is 5.52. The summed E-state index contributed by atoms with van der Waals surface area (Å²) >= 11 is 0. The van der Waals surface area contributed by atoms with Crippen molar-refractivity contribution in [3.05, 3.63) is 29.0 Å². The van der Waals surface area contributed by atoms with Crippen molar-refractivity contribution in [3.63, 3.8) is 0 Å². The molecule has 0 aromatic heterocycles. The quantitative estimate of drug-likeness (QED) is 0.419. The van der Waals surface area contributed by atoms with Crippen LogP contribution in [0, 0.1) is 5.41 Å². The summed E-state index contributed by atoms with van der Waals surface area (Å²) < 4.78 is 0. The molecule has 16 heavy (non-hydrogen) atoms. The zero-order chi connectivity index (χ0) is 10.4. The van der Waals surface area contributed by atoms with Gasteiger partial charge in [0.2, 0.25) is 0 Å². The van der Waals surface area contributed by atoms with Crippen LogP contribution in [0.25, 0.3) is 5.73 Å². The van der Waals surface area contributed by atoms with Gasteiger partial charge >= 0.3 is 37.7 Å². The molecule has 0 aromatic carbocycles. The van der Waals surface area contributed by atoms with Crippen molar-refractivity contribution in [1.82, 2.24) is 0 Å². The zero-order valence-corrected chi connectivity index (χ0v) is 11.5. The Bertz CT molecular complexity index is 288. The minimum atomic E-state index is -0.456. The van der Waals surface area contributed by atoms with Gasteiger partial charge in [-0.25, -0.2) is 0 Å². The SMILES string of the molecule is CC(C)(C)C1([NH-])C=C2CCCCC2=C1.[Li+].[Li+]. The summed E-state index contributed by atoms with van der Waals surface area (Å²) in [6, 6.07) is 0. The summed E-state index contributed by atoms with van der Waals surface area (Å²) in [5, 5.41) is 0. The molecule has 0 amide bonds. The zero-order valence-electron chi connectivity index (χ0n) is 11.5. The van der Waals surface area contributed by atoms with Crippen LogP contribution in [0.15, 0.2) is 23.3 Å². The van der Waals surface area contributed by atoms with Gasteiger partial charge in [0.1, 0.15) is 0 Å². The molecule has 0 heterocycles. The molecule has 0 aromatic rings. The van der Waals surface area contributed by atoms with Gasteiger partial charge in [0.15, 0.2) is 0 Å². The van der Waals surface area contributed by atoms with Crippen molar-refractivity contribution >= 4 is 0 Å². The molecule has 2 aliphatic rings. The minimum absolute atomic E-state index is 0. The topological polar surface area (TPSA) is 23.8 Å². The predicted molar refractivity (Wildman–Crippen MR) is 61.1 cm³/mol. The fourth-order valence-electron chi connectivity index (χ4n) is 2.31. The Kier molecular flexibility index (Phi) is 5.74. The first-order chi connectivity index (χ1) is 6.42. The second-order valence-electron chi connectivity index (χ2n) is 5.67. The summed E-state index contributed by atoms with van der Waals surface area (Å²) in [4.78, 5) is 0. The smallest absolute Gasteiger partial charge is 0.665 e. The molecule has 2 rings (SSSR count). The standard InChI is InChI=1S/C13H20N.2Li/c1-12(2,3)13(14)8-10-6-4-5-7-11(10)9-13;;/h8-9,14H,4-7H2,1-3H3;;/q-1;2*+1. The van der Waals surface area contributed by atoms with Crippen molar-refractivity contribution in [2.24, 2.45) is 5.41 Å². The Hall–Kier alpha value is 0.635. The van der Waals surface area contributed by atoms with Crippen LogP contribution in [0.1, 0.15) is 46.5 Å². The molecule has 0 bridgehead atoms. The van der Waals surface area contributed by atoms with Crippen LogP contribution < -0.4 is 37.7 Å². The van der Waals surface area contributed by atoms with Crippen LogP contribution in [0.3, 0.4) is 0 Å². The van der Waals surface area contributed by atoms with E-state index in [1.165, 1.54) is 36.8 Å². The number of hydrogen-bond donors (Lipinski definition) is 0. The predicted octanol–water partition coefficient (Wildman–Crippen LogP) is -1.73. The molecular weight excluding hydrogens is 184 g/mol. The third-order valence-corrected chi connectivity index (χ3v) is 3.60. The van der Waals surface area contributed by atoms with Crippen LogP contribution in [-0.2, 0) is 0 Å². The molecule has 0 atom stereocenters. The molecular formula is C13H20Li2N+. The van der Waals surface area contributed by atoms with Crippen molar-refractivity contribution in [2.75, 3.05) is 0 Å². The fraction of sp³-hybridized carbons (Fsp3) is 0.692. The van der Waals surface area contributed by atoms with E-state index in [1.54, 1.807) is 0 Å². The van der Waals surface area contributed by atoms with E-state index in [9.17, 15) is 0 Å². The average molecular weight is 204 g/mol. The molecule has 1 nitrogen and oxygen atoms in total. The second-order valence-corrected chi connectivity index (χ2v) is 5.67. The molecule has 3 heteroatoms. The maximum Gasteiger partial charge on any atom is 1.00 e. The number of allylic oxidation sites excluding steroid dienone is 2. The van der Waals surface area contributed by atoms with Gasteiger partial charge < -0.3 is 5.73 Å². The molecule has 1 saturated carbocycles. The minimum Gasteiger partial charge on any atom is -0.665 e. The van der Waals surface area contributed by atoms with E-state index in [-0.39, 0.29) is 43.1 Å². The molecule has 0 aliphatic heterocycles. The van der Waals surface area contributed by atoms with Crippen LogP contribution in [0.2, 0.25) is 0 Å². The van der Waals surface area contributed by atoms with E-state index in [4.69, 9.17) is 5.73 Å². The Balaban J connectivity index is 0.00000112. The van der Waals surface area contributed by atoms with Crippen molar-refractivity contribution < 1.29 is 37.7 Å². The third-order valence-electron chi connectivity index (χ3n) is 3.60. The maximum absolute atomic E-state index is 8.47. The summed E-state index contributed by atoms with van der Waals surface area (Å²) in [6.45, 7) is 6.47. The van der Waals surface area contributed by atoms with Gasteiger partial charge in [-0.1, -0.05) is 49.6 Å². The number of rotatable bonds is 0. The van der Waals surface area contributed by atoms with E-state index >= 15 is 0 Å². The van der Waals surface area contributed by atoms with E-state index < -0.39 is 5.54 Å². The first-order valence-corrected chi connectivity index (χ1v) is 5.61. The van der Waals surface area contributed by atoms with E-state index in [0.29, 0.717) is 0 Å². The van der Waals surface area contributed by atoms with Gasteiger partial charge in [0, 0.05) is 0 Å². The van der Waals surface area contributed by atoms with Gasteiger partial charge in [0.25, 0.3) is 0 Å². The summed E-state index contributed by atoms with van der Waals surface area (Å²) in [6.07, 6.45) is 9.40. The fourth-order valence-corrected chi connectivity index (χ4v) is 2.31. The molecule has 0 unspecified atom stereocenters. The number of hydrogen-bond acceptors (Lipinski definition) is 0. The average Bonchev–Trinajstić information content (AvgIpc) is 2.40. The van der Waals surface area contributed by atoms with Crippen LogP contribution in [0.4, 0.5) is 0 Å². The monoisotopic (exact) mass is 204 g/mol. The van der Waals surface area contributed by atoms with E-state index in [0.717, 1.165) is 0 Å². The number of fused-ring (bicyclic) bond motifs is 1. The number of nitrogens with one attached hydrogen (secondary N) is 1. The molecule has 1 fully saturated rings. The van der Waals surface area contributed by atoms with Crippen LogP contribution >= 0.6 is 0 Å². The van der Waals surface area contributed by atoms with Gasteiger partial charge in [-0.15, -0.1) is 0 Å². The summed E-state index contributed by atoms with van der Waals surface area (Å²) in [5.74, 6) is 0. The first kappa shape index (κ1) is 16.6. The van der Waals surface area contributed by atoms with Gasteiger partial charge in [-0.3, -0.25) is 0 Å². The molecule has 78 valence electrons. The Labute approximate surface area is 124 Å². The Morgan fingerprint density at radius 2 is 1.38 bits per heavy atom. The third kappa shape index (κ3) is 2.90. The van der Waals surface area contributed by atoms with Gasteiger partial charge in [-0.2, -0.15) is 0 Å².